The number of rotatable bonds is 3. The maximum Gasteiger partial charge on any atom is 0.255 e. The van der Waals surface area contributed by atoms with Crippen molar-refractivity contribution in [3.05, 3.63) is 82.2 Å². The van der Waals surface area contributed by atoms with Crippen molar-refractivity contribution in [1.82, 2.24) is 4.90 Å². The molecule has 1 aliphatic heterocycles. The van der Waals surface area contributed by atoms with Crippen LogP contribution < -0.4 is 0 Å². The number of hydrogen-bond acceptors (Lipinski definition) is 3. The number of hydrogen-bond donors (Lipinski definition) is 0. The molecule has 1 aromatic heterocycles. The van der Waals surface area contributed by atoms with Gasteiger partial charge in [-0.2, -0.15) is 0 Å². The first-order valence-corrected chi connectivity index (χ1v) is 10.4. The third-order valence-corrected chi connectivity index (χ3v) is 6.77. The topological polar surface area (TPSA) is 20.3 Å². The molecule has 1 unspecified atom stereocenters. The highest BCUT2D eigenvalue weighted by atomic mass is 35.5. The molecular weight excluding hydrogens is 370 g/mol. The molecule has 0 N–H and O–H groups in total. The molecular formula is C20H16ClNOS2. The van der Waals surface area contributed by atoms with Crippen LogP contribution in [0.2, 0.25) is 5.02 Å². The maximum atomic E-state index is 13.0. The molecule has 2 aromatic carbocycles. The lowest BCUT2D eigenvalue weighted by Gasteiger charge is -2.25. The summed E-state index contributed by atoms with van der Waals surface area (Å²) in [5.41, 5.74) is 2.88. The van der Waals surface area contributed by atoms with Crippen LogP contribution >= 0.6 is 34.7 Å². The van der Waals surface area contributed by atoms with E-state index in [-0.39, 0.29) is 11.3 Å². The Morgan fingerprint density at radius 1 is 1.04 bits per heavy atom. The van der Waals surface area contributed by atoms with Crippen molar-refractivity contribution in [2.45, 2.75) is 5.37 Å². The van der Waals surface area contributed by atoms with Crippen LogP contribution in [0.1, 0.15) is 21.3 Å². The highest BCUT2D eigenvalue weighted by Gasteiger charge is 2.32. The molecule has 0 aliphatic carbocycles. The van der Waals surface area contributed by atoms with Crippen LogP contribution in [-0.2, 0) is 0 Å². The Balaban J connectivity index is 1.58. The van der Waals surface area contributed by atoms with Crippen molar-refractivity contribution in [3.8, 4) is 10.4 Å². The molecule has 1 amide bonds. The Labute approximate surface area is 160 Å². The Bertz CT molecular complexity index is 877. The fraction of sp³-hybridized carbons (Fsp3) is 0.150. The highest BCUT2D eigenvalue weighted by Crippen LogP contribution is 2.41. The van der Waals surface area contributed by atoms with Gasteiger partial charge < -0.3 is 4.90 Å². The lowest BCUT2D eigenvalue weighted by Crippen LogP contribution is -2.30. The third-order valence-electron chi connectivity index (χ3n) is 4.26. The molecule has 2 heterocycles. The minimum absolute atomic E-state index is 0.0156. The Morgan fingerprint density at radius 3 is 2.56 bits per heavy atom. The van der Waals surface area contributed by atoms with Crippen LogP contribution in [0.25, 0.3) is 10.4 Å². The van der Waals surface area contributed by atoms with Crippen molar-refractivity contribution >= 4 is 40.6 Å². The van der Waals surface area contributed by atoms with Gasteiger partial charge in [-0.3, -0.25) is 4.79 Å². The van der Waals surface area contributed by atoms with E-state index in [9.17, 15) is 4.79 Å². The number of carbonyl (C=O) groups excluding carboxylic acids is 1. The SMILES string of the molecule is O=C(c1ccc(-c2cccs2)cc1)N1CCSC1c1ccccc1Cl. The van der Waals surface area contributed by atoms with Gasteiger partial charge in [-0.15, -0.1) is 23.1 Å². The van der Waals surface area contributed by atoms with Gasteiger partial charge in [-0.05, 0) is 35.2 Å². The molecule has 1 saturated heterocycles. The Hall–Kier alpha value is -1.75. The summed E-state index contributed by atoms with van der Waals surface area (Å²) in [6.07, 6.45) is 0. The van der Waals surface area contributed by atoms with E-state index in [1.165, 1.54) is 4.88 Å². The monoisotopic (exact) mass is 385 g/mol. The third kappa shape index (κ3) is 3.34. The van der Waals surface area contributed by atoms with Gasteiger partial charge >= 0.3 is 0 Å². The van der Waals surface area contributed by atoms with E-state index in [2.05, 4.69) is 11.4 Å². The Morgan fingerprint density at radius 2 is 1.84 bits per heavy atom. The number of thiophene rings is 1. The van der Waals surface area contributed by atoms with Gasteiger partial charge in [0.05, 0.1) is 0 Å². The average molecular weight is 386 g/mol. The predicted molar refractivity (Wildman–Crippen MR) is 107 cm³/mol. The first kappa shape index (κ1) is 16.7. The lowest BCUT2D eigenvalue weighted by atomic mass is 10.1. The van der Waals surface area contributed by atoms with Gasteiger partial charge in [0.25, 0.3) is 5.91 Å². The quantitative estimate of drug-likeness (QED) is 0.554. The van der Waals surface area contributed by atoms with Crippen LogP contribution in [0, 0.1) is 0 Å². The van der Waals surface area contributed by atoms with Crippen molar-refractivity contribution in [2.24, 2.45) is 0 Å². The van der Waals surface area contributed by atoms with Crippen LogP contribution in [0.15, 0.2) is 66.0 Å². The molecule has 25 heavy (non-hydrogen) atoms. The first-order valence-electron chi connectivity index (χ1n) is 8.05. The average Bonchev–Trinajstić information content (AvgIpc) is 3.34. The first-order chi connectivity index (χ1) is 12.2. The lowest BCUT2D eigenvalue weighted by molar-refractivity contribution is 0.0760. The van der Waals surface area contributed by atoms with Gasteiger partial charge in [0, 0.05) is 33.3 Å². The van der Waals surface area contributed by atoms with E-state index in [0.717, 1.165) is 29.0 Å². The number of amides is 1. The minimum atomic E-state index is -0.0156. The molecule has 4 rings (SSSR count). The fourth-order valence-corrected chi connectivity index (χ4v) is 5.33. The van der Waals surface area contributed by atoms with E-state index in [1.54, 1.807) is 23.1 Å². The standard InChI is InChI=1S/C20H16ClNOS2/c21-17-5-2-1-4-16(17)20-22(11-13-25-20)19(23)15-9-7-14(8-10-15)18-6-3-12-24-18/h1-10,12,20H,11,13H2. The molecule has 0 spiro atoms. The Kier molecular flexibility index (Phi) is 4.84. The number of carbonyl (C=O) groups is 1. The van der Waals surface area contributed by atoms with E-state index < -0.39 is 0 Å². The number of halogens is 1. The summed E-state index contributed by atoms with van der Waals surface area (Å²) in [5.74, 6) is 0.988. The van der Waals surface area contributed by atoms with E-state index in [4.69, 9.17) is 11.6 Å². The molecule has 5 heteroatoms. The molecule has 0 saturated carbocycles. The molecule has 1 atom stereocenters. The van der Waals surface area contributed by atoms with E-state index >= 15 is 0 Å². The second-order valence-electron chi connectivity index (χ2n) is 5.80. The van der Waals surface area contributed by atoms with Crippen LogP contribution in [-0.4, -0.2) is 23.1 Å². The molecule has 3 aromatic rings. The van der Waals surface area contributed by atoms with Gasteiger partial charge in [0.2, 0.25) is 0 Å². The van der Waals surface area contributed by atoms with Gasteiger partial charge in [0.1, 0.15) is 5.37 Å². The van der Waals surface area contributed by atoms with Crippen molar-refractivity contribution < 1.29 is 4.79 Å². The van der Waals surface area contributed by atoms with Gasteiger partial charge in [-0.25, -0.2) is 0 Å². The van der Waals surface area contributed by atoms with Crippen molar-refractivity contribution in [2.75, 3.05) is 12.3 Å². The predicted octanol–water partition coefficient (Wildman–Crippen LogP) is 5.96. The summed E-state index contributed by atoms with van der Waals surface area (Å²) in [6, 6.07) is 19.8. The van der Waals surface area contributed by atoms with Crippen LogP contribution in [0.5, 0.6) is 0 Å². The zero-order valence-corrected chi connectivity index (χ0v) is 15.8. The molecule has 1 aliphatic rings. The molecule has 2 nitrogen and oxygen atoms in total. The highest BCUT2D eigenvalue weighted by molar-refractivity contribution is 7.99. The largest absolute Gasteiger partial charge is 0.322 e. The van der Waals surface area contributed by atoms with Crippen molar-refractivity contribution in [1.29, 1.82) is 0 Å². The minimum Gasteiger partial charge on any atom is -0.322 e. The van der Waals surface area contributed by atoms with Crippen LogP contribution in [0.3, 0.4) is 0 Å². The summed E-state index contributed by atoms with van der Waals surface area (Å²) in [6.45, 7) is 0.742. The van der Waals surface area contributed by atoms with E-state index in [1.807, 2.05) is 59.5 Å². The summed E-state index contributed by atoms with van der Waals surface area (Å²) in [4.78, 5) is 16.1. The summed E-state index contributed by atoms with van der Waals surface area (Å²) < 4.78 is 0. The molecule has 1 fully saturated rings. The van der Waals surface area contributed by atoms with E-state index in [0.29, 0.717) is 5.02 Å². The zero-order valence-electron chi connectivity index (χ0n) is 13.4. The summed E-state index contributed by atoms with van der Waals surface area (Å²) in [7, 11) is 0. The molecule has 0 bridgehead atoms. The maximum absolute atomic E-state index is 13.0. The number of nitrogens with zero attached hydrogens (tertiary/aromatic N) is 1. The summed E-state index contributed by atoms with van der Waals surface area (Å²) in [5, 5.41) is 2.76. The fourth-order valence-electron chi connectivity index (χ4n) is 3.00. The summed E-state index contributed by atoms with van der Waals surface area (Å²) >= 11 is 9.81. The molecule has 0 radical (unpaired) electrons. The van der Waals surface area contributed by atoms with Crippen molar-refractivity contribution in [3.63, 3.8) is 0 Å². The molecule has 126 valence electrons. The zero-order chi connectivity index (χ0) is 17.2. The second kappa shape index (κ2) is 7.24. The normalized spacial score (nSPS) is 17.0. The number of thioether (sulfide) groups is 1. The smallest absolute Gasteiger partial charge is 0.255 e. The van der Waals surface area contributed by atoms with Gasteiger partial charge in [-0.1, -0.05) is 48.0 Å². The van der Waals surface area contributed by atoms with Gasteiger partial charge in [0.15, 0.2) is 0 Å². The number of benzene rings is 2. The van der Waals surface area contributed by atoms with Crippen LogP contribution in [0.4, 0.5) is 0 Å². The second-order valence-corrected chi connectivity index (χ2v) is 8.34.